The van der Waals surface area contributed by atoms with Crippen LogP contribution in [0.2, 0.25) is 0 Å². The van der Waals surface area contributed by atoms with Crippen LogP contribution in [0.4, 0.5) is 0 Å². The summed E-state index contributed by atoms with van der Waals surface area (Å²) >= 11 is 1.46. The quantitative estimate of drug-likeness (QED) is 0.466. The number of Topliss-reactive ketones (excluding diaryl/α,β-unsaturated/α-hetero) is 1. The molecule has 2 aromatic carbocycles. The van der Waals surface area contributed by atoms with Gasteiger partial charge in [-0.3, -0.25) is 9.78 Å². The number of thiazole rings is 1. The van der Waals surface area contributed by atoms with Crippen molar-refractivity contribution in [2.24, 2.45) is 0 Å². The molecule has 2 heterocycles. The van der Waals surface area contributed by atoms with E-state index in [2.05, 4.69) is 16.0 Å². The minimum absolute atomic E-state index is 0.316. The topological polar surface area (TPSA) is 66.6 Å². The fourth-order valence-corrected chi connectivity index (χ4v) is 3.95. The molecule has 5 heteroatoms. The maximum absolute atomic E-state index is 13.2. The van der Waals surface area contributed by atoms with Crippen LogP contribution < -0.4 is 0 Å². The summed E-state index contributed by atoms with van der Waals surface area (Å²) in [6, 6.07) is 23.1. The van der Waals surface area contributed by atoms with E-state index in [-0.39, 0.29) is 5.78 Å². The van der Waals surface area contributed by atoms with E-state index >= 15 is 0 Å². The van der Waals surface area contributed by atoms with Crippen molar-refractivity contribution in [1.82, 2.24) is 9.97 Å². The van der Waals surface area contributed by atoms with E-state index < -0.39 is 5.92 Å². The molecule has 0 N–H and O–H groups in total. The Kier molecular flexibility index (Phi) is 4.49. The van der Waals surface area contributed by atoms with Gasteiger partial charge < -0.3 is 0 Å². The van der Waals surface area contributed by atoms with E-state index in [9.17, 15) is 10.1 Å². The molecule has 4 nitrogen and oxygen atoms in total. The van der Waals surface area contributed by atoms with E-state index in [0.29, 0.717) is 11.4 Å². The number of nitriles is 1. The average Bonchev–Trinajstić information content (AvgIpc) is 3.11. The molecular weight excluding hydrogens is 354 g/mol. The monoisotopic (exact) mass is 369 g/mol. The Bertz CT molecular complexity index is 1180. The first kappa shape index (κ1) is 17.1. The lowest BCUT2D eigenvalue weighted by Gasteiger charge is -2.09. The van der Waals surface area contributed by atoms with Crippen molar-refractivity contribution < 1.29 is 4.79 Å². The minimum atomic E-state index is -0.987. The molecule has 0 unspecified atom stereocenters. The largest absolute Gasteiger partial charge is 0.290 e. The Labute approximate surface area is 160 Å². The summed E-state index contributed by atoms with van der Waals surface area (Å²) in [5.74, 6) is -1.30. The van der Waals surface area contributed by atoms with Gasteiger partial charge in [-0.05, 0) is 24.6 Å². The van der Waals surface area contributed by atoms with Gasteiger partial charge in [-0.1, -0.05) is 54.6 Å². The molecule has 0 saturated carbocycles. The third-order valence-corrected chi connectivity index (χ3v) is 5.33. The van der Waals surface area contributed by atoms with Crippen molar-refractivity contribution in [3.8, 4) is 16.5 Å². The predicted molar refractivity (Wildman–Crippen MR) is 107 cm³/mol. The number of para-hydroxylation sites is 1. The maximum Gasteiger partial charge on any atom is 0.205 e. The second kappa shape index (κ2) is 7.10. The Morgan fingerprint density at radius 3 is 2.52 bits per heavy atom. The number of pyridine rings is 1. The number of carbonyl (C=O) groups excluding carboxylic acids is 1. The van der Waals surface area contributed by atoms with Crippen molar-refractivity contribution in [3.63, 3.8) is 0 Å². The molecule has 0 aliphatic heterocycles. The number of hydrogen-bond donors (Lipinski definition) is 0. The number of aromatic nitrogens is 2. The van der Waals surface area contributed by atoms with Crippen LogP contribution in [-0.4, -0.2) is 15.8 Å². The summed E-state index contributed by atoms with van der Waals surface area (Å²) in [6.45, 7) is 1.86. The van der Waals surface area contributed by atoms with Crippen LogP contribution in [-0.2, 0) is 0 Å². The van der Waals surface area contributed by atoms with E-state index in [1.807, 2.05) is 67.6 Å². The molecule has 0 fully saturated rings. The lowest BCUT2D eigenvalue weighted by atomic mass is 9.96. The van der Waals surface area contributed by atoms with Crippen molar-refractivity contribution >= 4 is 28.0 Å². The first-order valence-corrected chi connectivity index (χ1v) is 9.31. The van der Waals surface area contributed by atoms with Crippen LogP contribution in [0, 0.1) is 18.3 Å². The molecule has 0 amide bonds. The van der Waals surface area contributed by atoms with Gasteiger partial charge in [-0.15, -0.1) is 11.3 Å². The van der Waals surface area contributed by atoms with Gasteiger partial charge in [0.25, 0.3) is 0 Å². The van der Waals surface area contributed by atoms with Crippen molar-refractivity contribution in [1.29, 1.82) is 5.26 Å². The number of carbonyl (C=O) groups is 1. The summed E-state index contributed by atoms with van der Waals surface area (Å²) in [5.41, 5.74) is 2.48. The zero-order valence-corrected chi connectivity index (χ0v) is 15.4. The summed E-state index contributed by atoms with van der Waals surface area (Å²) in [7, 11) is 0. The third kappa shape index (κ3) is 3.23. The number of aryl methyl sites for hydroxylation is 1. The lowest BCUT2D eigenvalue weighted by molar-refractivity contribution is 0.0974. The first-order valence-electron chi connectivity index (χ1n) is 8.50. The van der Waals surface area contributed by atoms with E-state index in [0.717, 1.165) is 26.4 Å². The number of hydrogen-bond acceptors (Lipinski definition) is 5. The van der Waals surface area contributed by atoms with Gasteiger partial charge in [-0.25, -0.2) is 4.98 Å². The molecule has 0 radical (unpaired) electrons. The van der Waals surface area contributed by atoms with Crippen LogP contribution in [0.1, 0.15) is 27.1 Å². The standard InChI is InChI=1S/C22H15N3OS/c1-14-24-20(22(27-14)16-8-3-2-4-9-16)21(26)17(13-23)19-12-11-15-7-5-6-10-18(15)25-19/h2-12,17H,1H3/t17-/m1/s1. The average molecular weight is 369 g/mol. The van der Waals surface area contributed by atoms with Gasteiger partial charge in [0.05, 0.1) is 27.2 Å². The number of fused-ring (bicyclic) bond motifs is 1. The van der Waals surface area contributed by atoms with E-state index in [4.69, 9.17) is 0 Å². The number of nitrogens with zero attached hydrogens (tertiary/aromatic N) is 3. The van der Waals surface area contributed by atoms with Crippen molar-refractivity contribution in [2.45, 2.75) is 12.8 Å². The van der Waals surface area contributed by atoms with E-state index in [1.54, 1.807) is 6.07 Å². The van der Waals surface area contributed by atoms with Gasteiger partial charge in [0.15, 0.2) is 5.92 Å². The summed E-state index contributed by atoms with van der Waals surface area (Å²) in [4.78, 5) is 23.0. The zero-order chi connectivity index (χ0) is 18.8. The highest BCUT2D eigenvalue weighted by atomic mass is 32.1. The summed E-state index contributed by atoms with van der Waals surface area (Å²) in [5, 5.41) is 11.5. The molecule has 0 bridgehead atoms. The van der Waals surface area contributed by atoms with Gasteiger partial charge in [0.1, 0.15) is 5.69 Å². The number of rotatable bonds is 4. The normalized spacial score (nSPS) is 11.9. The highest BCUT2D eigenvalue weighted by Crippen LogP contribution is 2.33. The molecule has 130 valence electrons. The van der Waals surface area contributed by atoms with Gasteiger partial charge >= 0.3 is 0 Å². The molecule has 4 rings (SSSR count). The minimum Gasteiger partial charge on any atom is -0.290 e. The Morgan fingerprint density at radius 1 is 1.00 bits per heavy atom. The number of benzene rings is 2. The molecule has 27 heavy (non-hydrogen) atoms. The van der Waals surface area contributed by atoms with Crippen LogP contribution in [0.3, 0.4) is 0 Å². The Hall–Kier alpha value is -3.36. The SMILES string of the molecule is Cc1nc(C(=O)[C@H](C#N)c2ccc3ccccc3n2)c(-c2ccccc2)s1. The van der Waals surface area contributed by atoms with Gasteiger partial charge in [-0.2, -0.15) is 5.26 Å². The molecule has 0 aliphatic carbocycles. The highest BCUT2D eigenvalue weighted by molar-refractivity contribution is 7.15. The fourth-order valence-electron chi connectivity index (χ4n) is 3.02. The maximum atomic E-state index is 13.2. The second-order valence-electron chi connectivity index (χ2n) is 6.13. The molecule has 0 saturated heterocycles. The first-order chi connectivity index (χ1) is 13.2. The van der Waals surface area contributed by atoms with Crippen molar-refractivity contribution in [3.05, 3.63) is 83.1 Å². The number of ketones is 1. The van der Waals surface area contributed by atoms with Crippen LogP contribution in [0.5, 0.6) is 0 Å². The smallest absolute Gasteiger partial charge is 0.205 e. The Morgan fingerprint density at radius 2 is 1.74 bits per heavy atom. The lowest BCUT2D eigenvalue weighted by Crippen LogP contribution is -2.14. The second-order valence-corrected chi connectivity index (χ2v) is 7.34. The summed E-state index contributed by atoms with van der Waals surface area (Å²) in [6.07, 6.45) is 0. The van der Waals surface area contributed by atoms with Crippen molar-refractivity contribution in [2.75, 3.05) is 0 Å². The Balaban J connectivity index is 1.78. The zero-order valence-electron chi connectivity index (χ0n) is 14.6. The predicted octanol–water partition coefficient (Wildman–Crippen LogP) is 5.16. The molecule has 0 aliphatic rings. The van der Waals surface area contributed by atoms with Crippen LogP contribution in [0.25, 0.3) is 21.3 Å². The van der Waals surface area contributed by atoms with Crippen LogP contribution >= 0.6 is 11.3 Å². The molecule has 0 spiro atoms. The molecular formula is C22H15N3OS. The van der Waals surface area contributed by atoms with Gasteiger partial charge in [0.2, 0.25) is 5.78 Å². The third-order valence-electron chi connectivity index (χ3n) is 4.31. The van der Waals surface area contributed by atoms with Crippen LogP contribution in [0.15, 0.2) is 66.7 Å². The van der Waals surface area contributed by atoms with Gasteiger partial charge in [0, 0.05) is 5.39 Å². The van der Waals surface area contributed by atoms with E-state index in [1.165, 1.54) is 11.3 Å². The summed E-state index contributed by atoms with van der Waals surface area (Å²) < 4.78 is 0. The highest BCUT2D eigenvalue weighted by Gasteiger charge is 2.28. The molecule has 4 aromatic rings. The molecule has 2 aromatic heterocycles. The molecule has 1 atom stereocenters. The fraction of sp³-hybridized carbons (Fsp3) is 0.0909.